The van der Waals surface area contributed by atoms with Gasteiger partial charge in [-0.25, -0.2) is 0 Å². The molecule has 112 valence electrons. The predicted molar refractivity (Wildman–Crippen MR) is 88.5 cm³/mol. The van der Waals surface area contributed by atoms with Gasteiger partial charge in [-0.05, 0) is 49.1 Å². The molecule has 0 radical (unpaired) electrons. The Balaban J connectivity index is 1.83. The molecule has 0 saturated heterocycles. The average Bonchev–Trinajstić information content (AvgIpc) is 2.78. The number of hydrogen-bond acceptors (Lipinski definition) is 3. The molecule has 0 fully saturated rings. The lowest BCUT2D eigenvalue weighted by Crippen LogP contribution is -2.49. The fourth-order valence-electron chi connectivity index (χ4n) is 4.57. The smallest absolute Gasteiger partial charge is 0.0384 e. The molecule has 1 aromatic rings. The van der Waals surface area contributed by atoms with E-state index in [0.717, 1.165) is 13.1 Å². The first kappa shape index (κ1) is 13.4. The van der Waals surface area contributed by atoms with Crippen molar-refractivity contribution in [1.29, 1.82) is 0 Å². The van der Waals surface area contributed by atoms with E-state index < -0.39 is 0 Å². The van der Waals surface area contributed by atoms with Crippen LogP contribution in [0.3, 0.4) is 0 Å². The molecule has 1 aliphatic carbocycles. The summed E-state index contributed by atoms with van der Waals surface area (Å²) in [5, 5.41) is 3.67. The third kappa shape index (κ3) is 1.95. The molecule has 0 spiro atoms. The number of nitrogens with zero attached hydrogens (tertiary/aromatic N) is 1. The minimum absolute atomic E-state index is 0.169. The molecular weight excluding hydrogens is 258 g/mol. The van der Waals surface area contributed by atoms with Crippen LogP contribution >= 0.6 is 0 Å². The van der Waals surface area contributed by atoms with Crippen LogP contribution in [0.2, 0.25) is 0 Å². The van der Waals surface area contributed by atoms with Gasteiger partial charge in [-0.1, -0.05) is 25.1 Å². The van der Waals surface area contributed by atoms with Crippen molar-refractivity contribution in [3.8, 4) is 0 Å². The van der Waals surface area contributed by atoms with E-state index in [4.69, 9.17) is 5.73 Å². The number of fused-ring (bicyclic) bond motifs is 2. The van der Waals surface area contributed by atoms with Gasteiger partial charge >= 0.3 is 0 Å². The van der Waals surface area contributed by atoms with Crippen molar-refractivity contribution >= 4 is 11.3 Å². The zero-order valence-electron chi connectivity index (χ0n) is 13.0. The number of nitrogens with one attached hydrogen (secondary N) is 1. The van der Waals surface area contributed by atoms with E-state index in [9.17, 15) is 0 Å². The Bertz CT molecular complexity index is 592. The fraction of sp³-hybridized carbons (Fsp3) is 0.556. The topological polar surface area (TPSA) is 41.3 Å². The summed E-state index contributed by atoms with van der Waals surface area (Å²) in [4.78, 5) is 2.61. The van der Waals surface area contributed by atoms with E-state index in [1.807, 2.05) is 0 Å². The van der Waals surface area contributed by atoms with E-state index in [1.54, 1.807) is 0 Å². The maximum atomic E-state index is 6.30. The van der Waals surface area contributed by atoms with Gasteiger partial charge in [-0.3, -0.25) is 4.90 Å². The van der Waals surface area contributed by atoms with Crippen molar-refractivity contribution in [1.82, 2.24) is 4.90 Å². The van der Waals surface area contributed by atoms with Gasteiger partial charge in [0.1, 0.15) is 0 Å². The molecule has 1 unspecified atom stereocenters. The highest BCUT2D eigenvalue weighted by atomic mass is 15.2. The third-order valence-corrected chi connectivity index (χ3v) is 5.40. The lowest BCUT2D eigenvalue weighted by molar-refractivity contribution is 0.200. The van der Waals surface area contributed by atoms with Crippen LogP contribution in [-0.2, 0) is 0 Å². The van der Waals surface area contributed by atoms with Crippen molar-refractivity contribution in [2.45, 2.75) is 50.7 Å². The van der Waals surface area contributed by atoms with Crippen LogP contribution < -0.4 is 11.1 Å². The zero-order chi connectivity index (χ0) is 14.6. The Labute approximate surface area is 127 Å². The number of anilines is 1. The number of hydrogen-bond donors (Lipinski definition) is 2. The molecule has 3 N–H and O–H groups in total. The van der Waals surface area contributed by atoms with Gasteiger partial charge in [0.2, 0.25) is 0 Å². The van der Waals surface area contributed by atoms with Gasteiger partial charge in [0.05, 0.1) is 0 Å². The monoisotopic (exact) mass is 283 g/mol. The molecule has 4 rings (SSSR count). The summed E-state index contributed by atoms with van der Waals surface area (Å²) in [5.41, 5.74) is 12.1. The van der Waals surface area contributed by atoms with E-state index in [1.165, 1.54) is 35.2 Å². The summed E-state index contributed by atoms with van der Waals surface area (Å²) >= 11 is 0. The molecular formula is C18H25N3. The Morgan fingerprint density at radius 3 is 3.05 bits per heavy atom. The zero-order valence-corrected chi connectivity index (χ0v) is 13.0. The second-order valence-electron chi connectivity index (χ2n) is 6.84. The van der Waals surface area contributed by atoms with Gasteiger partial charge in [0, 0.05) is 36.3 Å². The lowest BCUT2D eigenvalue weighted by Gasteiger charge is -2.44. The van der Waals surface area contributed by atoms with Gasteiger partial charge in [-0.15, -0.1) is 0 Å². The van der Waals surface area contributed by atoms with Crippen molar-refractivity contribution in [3.63, 3.8) is 0 Å². The summed E-state index contributed by atoms with van der Waals surface area (Å²) in [6.45, 7) is 6.74. The average molecular weight is 283 g/mol. The van der Waals surface area contributed by atoms with Crippen LogP contribution in [0.15, 0.2) is 24.3 Å². The molecule has 3 aliphatic rings. The van der Waals surface area contributed by atoms with Gasteiger partial charge < -0.3 is 11.1 Å². The molecule has 3 nitrogen and oxygen atoms in total. The highest BCUT2D eigenvalue weighted by Gasteiger charge is 2.42. The third-order valence-electron chi connectivity index (χ3n) is 5.40. The fourth-order valence-corrected chi connectivity index (χ4v) is 4.57. The van der Waals surface area contributed by atoms with Crippen LogP contribution in [0.4, 0.5) is 5.69 Å². The molecule has 3 heteroatoms. The van der Waals surface area contributed by atoms with Crippen molar-refractivity contribution in [2.24, 2.45) is 5.73 Å². The van der Waals surface area contributed by atoms with E-state index in [0.29, 0.717) is 18.0 Å². The molecule has 4 atom stereocenters. The minimum Gasteiger partial charge on any atom is -0.382 e. The summed E-state index contributed by atoms with van der Waals surface area (Å²) < 4.78 is 0. The SMILES string of the molecule is CCCN1C[C@@H](N)C=C2c3cccc4c3[C@H](C[C@H]21)C(C)N4. The first-order chi connectivity index (χ1) is 10.2. The second kappa shape index (κ2) is 4.85. The first-order valence-electron chi connectivity index (χ1n) is 8.30. The van der Waals surface area contributed by atoms with E-state index >= 15 is 0 Å². The molecule has 0 saturated carbocycles. The Morgan fingerprint density at radius 1 is 1.38 bits per heavy atom. The maximum Gasteiger partial charge on any atom is 0.0384 e. The Hall–Kier alpha value is -1.32. The molecule has 2 heterocycles. The van der Waals surface area contributed by atoms with Crippen LogP contribution in [0.25, 0.3) is 5.57 Å². The summed E-state index contributed by atoms with van der Waals surface area (Å²) in [6, 6.07) is 7.97. The minimum atomic E-state index is 0.169. The largest absolute Gasteiger partial charge is 0.382 e. The molecule has 0 aromatic heterocycles. The van der Waals surface area contributed by atoms with Gasteiger partial charge in [-0.2, -0.15) is 0 Å². The highest BCUT2D eigenvalue weighted by molar-refractivity contribution is 5.81. The molecule has 0 amide bonds. The Morgan fingerprint density at radius 2 is 2.24 bits per heavy atom. The van der Waals surface area contributed by atoms with Crippen molar-refractivity contribution < 1.29 is 0 Å². The first-order valence-corrected chi connectivity index (χ1v) is 8.30. The molecule has 21 heavy (non-hydrogen) atoms. The summed E-state index contributed by atoms with van der Waals surface area (Å²) in [7, 11) is 0. The number of nitrogens with two attached hydrogens (primary N) is 1. The summed E-state index contributed by atoms with van der Waals surface area (Å²) in [5.74, 6) is 0.645. The van der Waals surface area contributed by atoms with Crippen LogP contribution in [0, 0.1) is 0 Å². The predicted octanol–water partition coefficient (Wildman–Crippen LogP) is 2.79. The summed E-state index contributed by atoms with van der Waals surface area (Å²) in [6.07, 6.45) is 4.75. The molecule has 2 aliphatic heterocycles. The number of rotatable bonds is 2. The van der Waals surface area contributed by atoms with Gasteiger partial charge in [0.25, 0.3) is 0 Å². The van der Waals surface area contributed by atoms with Crippen molar-refractivity contribution in [3.05, 3.63) is 35.4 Å². The van der Waals surface area contributed by atoms with Crippen LogP contribution in [-0.4, -0.2) is 36.1 Å². The quantitative estimate of drug-likeness (QED) is 0.877. The lowest BCUT2D eigenvalue weighted by atomic mass is 9.73. The number of benzene rings is 1. The standard InChI is InChI=1S/C18H25N3/c1-3-7-21-10-12(19)8-15-13-5-4-6-16-18(13)14(9-17(15)21)11(2)20-16/h4-6,8,11-12,14,17,20H,3,7,9-10,19H2,1-2H3/t11?,12-,14+,17+/m0/s1. The highest BCUT2D eigenvalue weighted by Crippen LogP contribution is 2.50. The van der Waals surface area contributed by atoms with Crippen LogP contribution in [0.1, 0.15) is 43.7 Å². The maximum absolute atomic E-state index is 6.30. The molecule has 0 bridgehead atoms. The van der Waals surface area contributed by atoms with Crippen molar-refractivity contribution in [2.75, 3.05) is 18.4 Å². The second-order valence-corrected chi connectivity index (χ2v) is 6.84. The molecule has 1 aromatic carbocycles. The van der Waals surface area contributed by atoms with E-state index in [2.05, 4.69) is 48.3 Å². The van der Waals surface area contributed by atoms with Crippen LogP contribution in [0.5, 0.6) is 0 Å². The van der Waals surface area contributed by atoms with E-state index in [-0.39, 0.29) is 6.04 Å². The Kier molecular flexibility index (Phi) is 3.09. The normalized spacial score (nSPS) is 34.0. The van der Waals surface area contributed by atoms with Gasteiger partial charge in [0.15, 0.2) is 0 Å².